The minimum atomic E-state index is -3.76. The third-order valence-electron chi connectivity index (χ3n) is 2.77. The van der Waals surface area contributed by atoms with E-state index in [0.29, 0.717) is 15.7 Å². The zero-order valence-electron chi connectivity index (χ0n) is 10.6. The average molecular weight is 394 g/mol. The third kappa shape index (κ3) is 3.94. The summed E-state index contributed by atoms with van der Waals surface area (Å²) in [5, 5.41) is 8.09. The van der Waals surface area contributed by atoms with Crippen molar-refractivity contribution in [3.8, 4) is 0 Å². The van der Waals surface area contributed by atoms with Crippen LogP contribution in [0, 0.1) is 5.82 Å². The Balaban J connectivity index is 2.19. The molecular formula is C13H11BrClFN2O2S. The van der Waals surface area contributed by atoms with Crippen molar-refractivity contribution in [2.24, 2.45) is 5.14 Å². The van der Waals surface area contributed by atoms with Gasteiger partial charge in [0.1, 0.15) is 5.82 Å². The summed E-state index contributed by atoms with van der Waals surface area (Å²) in [6.45, 7) is 0.208. The van der Waals surface area contributed by atoms with Crippen LogP contribution in [0.15, 0.2) is 45.8 Å². The molecule has 0 saturated heterocycles. The molecule has 0 aliphatic heterocycles. The maximum Gasteiger partial charge on any atom is 0.238 e. The molecule has 0 aliphatic carbocycles. The lowest BCUT2D eigenvalue weighted by Crippen LogP contribution is -2.12. The predicted octanol–water partition coefficient (Wildman–Crippen LogP) is 3.50. The fraction of sp³-hybridized carbons (Fsp3) is 0.0769. The summed E-state index contributed by atoms with van der Waals surface area (Å²) in [5.41, 5.74) is 1.02. The second-order valence-corrected chi connectivity index (χ2v) is 7.08. The van der Waals surface area contributed by atoms with E-state index in [4.69, 9.17) is 16.7 Å². The minimum Gasteiger partial charge on any atom is -0.380 e. The summed E-state index contributed by atoms with van der Waals surface area (Å²) in [6, 6.07) is 9.04. The summed E-state index contributed by atoms with van der Waals surface area (Å²) in [6.07, 6.45) is 0. The highest BCUT2D eigenvalue weighted by Crippen LogP contribution is 2.26. The summed E-state index contributed by atoms with van der Waals surface area (Å²) in [5.74, 6) is -0.482. The molecule has 2 aromatic rings. The Hall–Kier alpha value is -1.15. The molecule has 8 heteroatoms. The molecule has 0 radical (unpaired) electrons. The Labute approximate surface area is 135 Å². The number of rotatable bonds is 4. The normalized spacial score (nSPS) is 11.4. The van der Waals surface area contributed by atoms with Gasteiger partial charge in [0.25, 0.3) is 0 Å². The number of primary sulfonamides is 1. The predicted molar refractivity (Wildman–Crippen MR) is 84.3 cm³/mol. The quantitative estimate of drug-likeness (QED) is 0.835. The second kappa shape index (κ2) is 6.31. The van der Waals surface area contributed by atoms with Crippen molar-refractivity contribution in [1.82, 2.24) is 0 Å². The SMILES string of the molecule is NS(=O)(=O)c1ccc(NCc2cccc(Cl)c2F)c(Br)c1. The van der Waals surface area contributed by atoms with Crippen molar-refractivity contribution in [3.05, 3.63) is 57.3 Å². The third-order valence-corrected chi connectivity index (χ3v) is 4.63. The molecule has 2 rings (SSSR count). The van der Waals surface area contributed by atoms with Crippen LogP contribution in [0.5, 0.6) is 0 Å². The lowest BCUT2D eigenvalue weighted by atomic mass is 10.2. The molecule has 3 N–H and O–H groups in total. The fourth-order valence-electron chi connectivity index (χ4n) is 1.69. The highest BCUT2D eigenvalue weighted by Gasteiger charge is 2.11. The first-order chi connectivity index (χ1) is 9.79. The van der Waals surface area contributed by atoms with E-state index in [0.717, 1.165) is 0 Å². The Morgan fingerprint density at radius 2 is 2.00 bits per heavy atom. The van der Waals surface area contributed by atoms with Crippen LogP contribution in [0.3, 0.4) is 0 Å². The van der Waals surface area contributed by atoms with Crippen LogP contribution in [0.1, 0.15) is 5.56 Å². The molecular weight excluding hydrogens is 383 g/mol. The first kappa shape index (κ1) is 16.2. The van der Waals surface area contributed by atoms with E-state index in [1.807, 2.05) is 0 Å². The van der Waals surface area contributed by atoms with Crippen molar-refractivity contribution in [2.75, 3.05) is 5.32 Å². The number of hydrogen-bond donors (Lipinski definition) is 2. The highest BCUT2D eigenvalue weighted by atomic mass is 79.9. The summed E-state index contributed by atoms with van der Waals surface area (Å²) >= 11 is 8.95. The largest absolute Gasteiger partial charge is 0.380 e. The zero-order valence-corrected chi connectivity index (χ0v) is 13.8. The van der Waals surface area contributed by atoms with E-state index in [-0.39, 0.29) is 16.5 Å². The Kier molecular flexibility index (Phi) is 4.88. The van der Waals surface area contributed by atoms with Crippen LogP contribution in [0.2, 0.25) is 5.02 Å². The van der Waals surface area contributed by atoms with Gasteiger partial charge in [-0.05, 0) is 40.2 Å². The number of benzene rings is 2. The smallest absolute Gasteiger partial charge is 0.238 e. The van der Waals surface area contributed by atoms with Crippen LogP contribution >= 0.6 is 27.5 Å². The summed E-state index contributed by atoms with van der Waals surface area (Å²) in [7, 11) is -3.76. The lowest BCUT2D eigenvalue weighted by molar-refractivity contribution is 0.598. The van der Waals surface area contributed by atoms with Crippen molar-refractivity contribution >= 4 is 43.2 Å². The van der Waals surface area contributed by atoms with Gasteiger partial charge in [-0.1, -0.05) is 23.7 Å². The van der Waals surface area contributed by atoms with Gasteiger partial charge in [-0.2, -0.15) is 0 Å². The monoisotopic (exact) mass is 392 g/mol. The minimum absolute atomic E-state index is 0.00568. The van der Waals surface area contributed by atoms with Gasteiger partial charge in [-0.3, -0.25) is 0 Å². The standard InChI is InChI=1S/C13H11BrClFN2O2S/c14-10-6-9(21(17,19)20)4-5-12(10)18-7-8-2-1-3-11(15)13(8)16/h1-6,18H,7H2,(H2,17,19,20). The van der Waals surface area contributed by atoms with Crippen molar-refractivity contribution in [1.29, 1.82) is 0 Å². The summed E-state index contributed by atoms with van der Waals surface area (Å²) in [4.78, 5) is -0.00568. The zero-order chi connectivity index (χ0) is 15.6. The molecule has 21 heavy (non-hydrogen) atoms. The van der Waals surface area contributed by atoms with Crippen molar-refractivity contribution in [2.45, 2.75) is 11.4 Å². The van der Waals surface area contributed by atoms with Crippen LogP contribution < -0.4 is 10.5 Å². The lowest BCUT2D eigenvalue weighted by Gasteiger charge is -2.11. The van der Waals surface area contributed by atoms with E-state index < -0.39 is 15.8 Å². The molecule has 0 aromatic heterocycles. The molecule has 112 valence electrons. The highest BCUT2D eigenvalue weighted by molar-refractivity contribution is 9.10. The molecule has 0 aliphatic rings. The molecule has 0 saturated carbocycles. The summed E-state index contributed by atoms with van der Waals surface area (Å²) < 4.78 is 36.7. The number of halogens is 3. The van der Waals surface area contributed by atoms with Gasteiger partial charge in [0.15, 0.2) is 0 Å². The number of hydrogen-bond acceptors (Lipinski definition) is 3. The van der Waals surface area contributed by atoms with E-state index >= 15 is 0 Å². The van der Waals surface area contributed by atoms with Gasteiger partial charge in [-0.15, -0.1) is 0 Å². The molecule has 0 heterocycles. The first-order valence-electron chi connectivity index (χ1n) is 5.78. The molecule has 0 amide bonds. The van der Waals surface area contributed by atoms with E-state index in [1.165, 1.54) is 18.2 Å². The molecule has 0 spiro atoms. The number of nitrogens with two attached hydrogens (primary N) is 1. The first-order valence-corrected chi connectivity index (χ1v) is 8.50. The van der Waals surface area contributed by atoms with E-state index in [1.54, 1.807) is 18.2 Å². The Morgan fingerprint density at radius 3 is 2.62 bits per heavy atom. The molecule has 2 aromatic carbocycles. The van der Waals surface area contributed by atoms with Gasteiger partial charge < -0.3 is 5.32 Å². The van der Waals surface area contributed by atoms with E-state index in [2.05, 4.69) is 21.2 Å². The van der Waals surface area contributed by atoms with Gasteiger partial charge in [-0.25, -0.2) is 17.9 Å². The van der Waals surface area contributed by atoms with Crippen LogP contribution in [-0.2, 0) is 16.6 Å². The van der Waals surface area contributed by atoms with Gasteiger partial charge in [0.05, 0.1) is 9.92 Å². The maximum absolute atomic E-state index is 13.7. The average Bonchev–Trinajstić information content (AvgIpc) is 2.40. The van der Waals surface area contributed by atoms with Crippen molar-refractivity contribution < 1.29 is 12.8 Å². The molecule has 0 fully saturated rings. The van der Waals surface area contributed by atoms with E-state index in [9.17, 15) is 12.8 Å². The number of nitrogens with one attached hydrogen (secondary N) is 1. The Morgan fingerprint density at radius 1 is 1.29 bits per heavy atom. The van der Waals surface area contributed by atoms with Gasteiger partial charge >= 0.3 is 0 Å². The van der Waals surface area contributed by atoms with Crippen LogP contribution in [-0.4, -0.2) is 8.42 Å². The number of anilines is 1. The molecule has 0 unspecified atom stereocenters. The topological polar surface area (TPSA) is 72.2 Å². The van der Waals surface area contributed by atoms with Crippen LogP contribution in [0.4, 0.5) is 10.1 Å². The maximum atomic E-state index is 13.7. The molecule has 4 nitrogen and oxygen atoms in total. The molecule has 0 bridgehead atoms. The second-order valence-electron chi connectivity index (χ2n) is 4.25. The Bertz CT molecular complexity index is 784. The van der Waals surface area contributed by atoms with Crippen LogP contribution in [0.25, 0.3) is 0 Å². The molecule has 0 atom stereocenters. The van der Waals surface area contributed by atoms with Gasteiger partial charge in [0, 0.05) is 22.3 Å². The van der Waals surface area contributed by atoms with Gasteiger partial charge in [0.2, 0.25) is 10.0 Å². The number of sulfonamides is 1. The van der Waals surface area contributed by atoms with Crippen molar-refractivity contribution in [3.63, 3.8) is 0 Å². The fourth-order valence-corrected chi connectivity index (χ4v) is 3.10.